The third kappa shape index (κ3) is 3.35. The van der Waals surface area contributed by atoms with Gasteiger partial charge in [0.1, 0.15) is 5.82 Å². The Morgan fingerprint density at radius 1 is 1.50 bits per heavy atom. The fraction of sp³-hybridized carbons (Fsp3) is 0.538. The predicted molar refractivity (Wildman–Crippen MR) is 73.2 cm³/mol. The van der Waals surface area contributed by atoms with Gasteiger partial charge in [0.25, 0.3) is 0 Å². The average molecular weight is 302 g/mol. The minimum atomic E-state index is -3.76. The standard InChI is InChI=1S/C13H19FN2O3S/c1-9-12(14)5-10(7-15)6-13(9)20(17,18)16-8-11-3-2-4-19-11/h5-6,11,16H,2-4,7-8,15H2,1H3. The summed E-state index contributed by atoms with van der Waals surface area (Å²) in [6.45, 7) is 2.39. The fourth-order valence-electron chi connectivity index (χ4n) is 2.19. The topological polar surface area (TPSA) is 81.4 Å². The molecule has 1 heterocycles. The number of halogens is 1. The zero-order valence-electron chi connectivity index (χ0n) is 11.4. The first-order valence-electron chi connectivity index (χ1n) is 6.54. The minimum absolute atomic E-state index is 0.0593. The molecule has 0 aromatic heterocycles. The van der Waals surface area contributed by atoms with Gasteiger partial charge in [-0.3, -0.25) is 0 Å². The summed E-state index contributed by atoms with van der Waals surface area (Å²) in [4.78, 5) is -0.0593. The first-order valence-corrected chi connectivity index (χ1v) is 8.02. The van der Waals surface area contributed by atoms with Crippen molar-refractivity contribution in [3.05, 3.63) is 29.1 Å². The maximum atomic E-state index is 13.7. The van der Waals surface area contributed by atoms with Crippen LogP contribution in [-0.2, 0) is 21.3 Å². The van der Waals surface area contributed by atoms with Gasteiger partial charge < -0.3 is 10.5 Å². The van der Waals surface area contributed by atoms with Crippen molar-refractivity contribution in [3.8, 4) is 0 Å². The van der Waals surface area contributed by atoms with Crippen molar-refractivity contribution >= 4 is 10.0 Å². The first kappa shape index (κ1) is 15.4. The number of benzene rings is 1. The molecule has 0 amide bonds. The summed E-state index contributed by atoms with van der Waals surface area (Å²) in [5, 5.41) is 0. The van der Waals surface area contributed by atoms with Crippen LogP contribution in [0.5, 0.6) is 0 Å². The summed E-state index contributed by atoms with van der Waals surface area (Å²) in [6, 6.07) is 2.67. The number of nitrogens with one attached hydrogen (secondary N) is 1. The fourth-order valence-corrected chi connectivity index (χ4v) is 3.56. The maximum Gasteiger partial charge on any atom is 0.241 e. The lowest BCUT2D eigenvalue weighted by Crippen LogP contribution is -2.32. The van der Waals surface area contributed by atoms with Gasteiger partial charge in [-0.15, -0.1) is 0 Å². The van der Waals surface area contributed by atoms with E-state index >= 15 is 0 Å². The number of sulfonamides is 1. The Morgan fingerprint density at radius 2 is 2.25 bits per heavy atom. The molecule has 1 aliphatic heterocycles. The van der Waals surface area contributed by atoms with Crippen LogP contribution in [-0.4, -0.2) is 27.7 Å². The lowest BCUT2D eigenvalue weighted by molar-refractivity contribution is 0.114. The van der Waals surface area contributed by atoms with E-state index in [1.807, 2.05) is 0 Å². The van der Waals surface area contributed by atoms with E-state index in [1.54, 1.807) is 0 Å². The molecule has 112 valence electrons. The zero-order chi connectivity index (χ0) is 14.8. The van der Waals surface area contributed by atoms with Gasteiger partial charge in [-0.25, -0.2) is 17.5 Å². The maximum absolute atomic E-state index is 13.7. The molecule has 1 atom stereocenters. The Hall–Kier alpha value is -1.02. The quantitative estimate of drug-likeness (QED) is 0.852. The number of nitrogens with two attached hydrogens (primary N) is 1. The largest absolute Gasteiger partial charge is 0.377 e. The predicted octanol–water partition coefficient (Wildman–Crippen LogP) is 1.05. The second-order valence-corrected chi connectivity index (χ2v) is 6.63. The number of ether oxygens (including phenoxy) is 1. The smallest absolute Gasteiger partial charge is 0.241 e. The van der Waals surface area contributed by atoms with E-state index < -0.39 is 15.8 Å². The van der Waals surface area contributed by atoms with Crippen molar-refractivity contribution in [3.63, 3.8) is 0 Å². The molecular weight excluding hydrogens is 283 g/mol. The molecule has 5 nitrogen and oxygen atoms in total. The van der Waals surface area contributed by atoms with E-state index in [0.29, 0.717) is 12.2 Å². The third-order valence-corrected chi connectivity index (χ3v) is 4.96. The number of rotatable bonds is 5. The molecular formula is C13H19FN2O3S. The van der Waals surface area contributed by atoms with Gasteiger partial charge >= 0.3 is 0 Å². The van der Waals surface area contributed by atoms with Crippen molar-refractivity contribution in [2.24, 2.45) is 5.73 Å². The van der Waals surface area contributed by atoms with Crippen LogP contribution in [0.25, 0.3) is 0 Å². The van der Waals surface area contributed by atoms with Crippen LogP contribution in [0, 0.1) is 12.7 Å². The van der Waals surface area contributed by atoms with E-state index in [-0.39, 0.29) is 29.7 Å². The van der Waals surface area contributed by atoms with Crippen LogP contribution in [0.1, 0.15) is 24.0 Å². The normalized spacial score (nSPS) is 19.4. The van der Waals surface area contributed by atoms with Gasteiger partial charge in [0.05, 0.1) is 11.0 Å². The Kier molecular flexibility index (Phi) is 4.74. The Labute approximate surface area is 118 Å². The van der Waals surface area contributed by atoms with Gasteiger partial charge in [-0.1, -0.05) is 0 Å². The molecule has 2 rings (SSSR count). The molecule has 1 fully saturated rings. The van der Waals surface area contributed by atoms with Crippen molar-refractivity contribution in [1.82, 2.24) is 4.72 Å². The Balaban J connectivity index is 2.21. The molecule has 0 spiro atoms. The van der Waals surface area contributed by atoms with Gasteiger partial charge in [0, 0.05) is 25.3 Å². The summed E-state index contributed by atoms with van der Waals surface area (Å²) in [5.74, 6) is -0.564. The Morgan fingerprint density at radius 3 is 2.85 bits per heavy atom. The molecule has 1 saturated heterocycles. The second kappa shape index (κ2) is 6.17. The summed E-state index contributed by atoms with van der Waals surface area (Å²) in [6.07, 6.45) is 1.66. The molecule has 3 N–H and O–H groups in total. The molecule has 1 aliphatic rings. The summed E-state index contributed by atoms with van der Waals surface area (Å²) >= 11 is 0. The van der Waals surface area contributed by atoms with Gasteiger partial charge in [-0.05, 0) is 37.5 Å². The van der Waals surface area contributed by atoms with E-state index in [1.165, 1.54) is 19.1 Å². The number of hydrogen-bond acceptors (Lipinski definition) is 4. The van der Waals surface area contributed by atoms with Crippen LogP contribution >= 0.6 is 0 Å². The van der Waals surface area contributed by atoms with Crippen molar-refractivity contribution in [2.45, 2.75) is 37.3 Å². The second-order valence-electron chi connectivity index (χ2n) is 4.89. The number of hydrogen-bond donors (Lipinski definition) is 2. The van der Waals surface area contributed by atoms with Crippen molar-refractivity contribution in [1.29, 1.82) is 0 Å². The molecule has 1 unspecified atom stereocenters. The highest BCUT2D eigenvalue weighted by atomic mass is 32.2. The molecule has 0 radical (unpaired) electrons. The van der Waals surface area contributed by atoms with E-state index in [9.17, 15) is 12.8 Å². The van der Waals surface area contributed by atoms with Gasteiger partial charge in [0.15, 0.2) is 0 Å². The third-order valence-electron chi connectivity index (χ3n) is 3.41. The molecule has 20 heavy (non-hydrogen) atoms. The summed E-state index contributed by atoms with van der Waals surface area (Å²) < 4.78 is 46.1. The van der Waals surface area contributed by atoms with E-state index in [4.69, 9.17) is 10.5 Å². The summed E-state index contributed by atoms with van der Waals surface area (Å²) in [7, 11) is -3.76. The highest BCUT2D eigenvalue weighted by molar-refractivity contribution is 7.89. The van der Waals surface area contributed by atoms with E-state index in [0.717, 1.165) is 12.8 Å². The molecule has 1 aromatic carbocycles. The highest BCUT2D eigenvalue weighted by Crippen LogP contribution is 2.21. The lowest BCUT2D eigenvalue weighted by atomic mass is 10.1. The minimum Gasteiger partial charge on any atom is -0.377 e. The van der Waals surface area contributed by atoms with Crippen molar-refractivity contribution < 1.29 is 17.5 Å². The van der Waals surface area contributed by atoms with Crippen LogP contribution in [0.3, 0.4) is 0 Å². The van der Waals surface area contributed by atoms with Crippen LogP contribution < -0.4 is 10.5 Å². The van der Waals surface area contributed by atoms with Gasteiger partial charge in [0.2, 0.25) is 10.0 Å². The molecule has 1 aromatic rings. The van der Waals surface area contributed by atoms with Gasteiger partial charge in [-0.2, -0.15) is 0 Å². The van der Waals surface area contributed by atoms with Crippen LogP contribution in [0.4, 0.5) is 4.39 Å². The monoisotopic (exact) mass is 302 g/mol. The Bertz CT molecular complexity index is 584. The summed E-state index contributed by atoms with van der Waals surface area (Å²) in [5.41, 5.74) is 6.00. The van der Waals surface area contributed by atoms with Crippen LogP contribution in [0.2, 0.25) is 0 Å². The molecule has 0 aliphatic carbocycles. The van der Waals surface area contributed by atoms with E-state index in [2.05, 4.69) is 4.72 Å². The molecule has 0 bridgehead atoms. The molecule has 7 heteroatoms. The first-order chi connectivity index (χ1) is 9.44. The lowest BCUT2D eigenvalue weighted by Gasteiger charge is -2.14. The van der Waals surface area contributed by atoms with Crippen molar-refractivity contribution in [2.75, 3.05) is 13.2 Å². The van der Waals surface area contributed by atoms with Crippen LogP contribution in [0.15, 0.2) is 17.0 Å². The zero-order valence-corrected chi connectivity index (χ0v) is 12.2. The SMILES string of the molecule is Cc1c(F)cc(CN)cc1S(=O)(=O)NCC1CCCO1. The molecule has 0 saturated carbocycles. The average Bonchev–Trinajstić information content (AvgIpc) is 2.92. The highest BCUT2D eigenvalue weighted by Gasteiger charge is 2.23.